The molecule has 33 heavy (non-hydrogen) atoms. The Kier molecular flexibility index (Phi) is 6.78. The first kappa shape index (κ1) is 23.9. The van der Waals surface area contributed by atoms with Crippen molar-refractivity contribution >= 4 is 0 Å². The summed E-state index contributed by atoms with van der Waals surface area (Å²) < 4.78 is 0. The summed E-state index contributed by atoms with van der Waals surface area (Å²) in [5.41, 5.74) is 4.32. The van der Waals surface area contributed by atoms with Gasteiger partial charge in [-0.1, -0.05) is 76.8 Å². The second-order valence-electron chi connectivity index (χ2n) is 14.0. The Bertz CT molecular complexity index is 789. The normalized spacial score (nSPS) is 42.6. The fourth-order valence-corrected chi connectivity index (χ4v) is 9.93. The van der Waals surface area contributed by atoms with E-state index in [0.717, 1.165) is 41.4 Å². The molecule has 1 aromatic rings. The van der Waals surface area contributed by atoms with Gasteiger partial charge in [0.1, 0.15) is 0 Å². The second-order valence-corrected chi connectivity index (χ2v) is 14.0. The van der Waals surface area contributed by atoms with E-state index in [9.17, 15) is 0 Å². The number of unbranched alkanes of at least 4 members (excludes halogenated alkanes) is 1. The zero-order valence-electron chi connectivity index (χ0n) is 22.5. The molecule has 4 unspecified atom stereocenters. The van der Waals surface area contributed by atoms with Crippen molar-refractivity contribution in [3.8, 4) is 0 Å². The molecule has 0 nitrogen and oxygen atoms in total. The Hall–Kier alpha value is -0.780. The summed E-state index contributed by atoms with van der Waals surface area (Å²) >= 11 is 0. The van der Waals surface area contributed by atoms with Crippen LogP contribution in [-0.4, -0.2) is 0 Å². The van der Waals surface area contributed by atoms with Gasteiger partial charge in [0.25, 0.3) is 0 Å². The third-order valence-corrected chi connectivity index (χ3v) is 12.0. The lowest BCUT2D eigenvalue weighted by atomic mass is 9.44. The molecule has 0 radical (unpaired) electrons. The van der Waals surface area contributed by atoms with Crippen LogP contribution in [0, 0.1) is 53.3 Å². The molecule has 4 saturated carbocycles. The van der Waals surface area contributed by atoms with E-state index in [1.165, 1.54) is 63.4 Å². The lowest BCUT2D eigenvalue weighted by molar-refractivity contribution is -0.114. The minimum Gasteiger partial charge on any atom is -0.0628 e. The standard InChI is InChI=1S/C33H52/c1-23(2)8-6-7-9-27-15-17-30-29-16-14-28-22-26(25-12-10-24(3)11-13-25)18-20-33(28,5)31(29)19-21-32(27,30)4/h10-13,23,26-31H,6-9,14-22H2,1-5H3/t26?,27-,28?,29-,30?,31?,32+,33-/m0/s1. The zero-order chi connectivity index (χ0) is 23.2. The summed E-state index contributed by atoms with van der Waals surface area (Å²) in [5.74, 6) is 6.79. The van der Waals surface area contributed by atoms with Crippen molar-refractivity contribution in [3.05, 3.63) is 35.4 Å². The second kappa shape index (κ2) is 9.35. The number of benzene rings is 1. The van der Waals surface area contributed by atoms with Gasteiger partial charge in [0.2, 0.25) is 0 Å². The average molecular weight is 449 g/mol. The number of hydrogen-bond donors (Lipinski definition) is 0. The molecule has 0 bridgehead atoms. The predicted octanol–water partition coefficient (Wildman–Crippen LogP) is 9.95. The van der Waals surface area contributed by atoms with Crippen LogP contribution in [0.3, 0.4) is 0 Å². The van der Waals surface area contributed by atoms with E-state index in [1.54, 1.807) is 31.2 Å². The van der Waals surface area contributed by atoms with Gasteiger partial charge in [-0.3, -0.25) is 0 Å². The van der Waals surface area contributed by atoms with E-state index in [-0.39, 0.29) is 0 Å². The highest BCUT2D eigenvalue weighted by atomic mass is 14.6. The Morgan fingerprint density at radius 1 is 0.818 bits per heavy atom. The molecular weight excluding hydrogens is 396 g/mol. The minimum atomic E-state index is 0.626. The van der Waals surface area contributed by atoms with E-state index in [1.807, 2.05) is 0 Å². The van der Waals surface area contributed by atoms with Gasteiger partial charge in [-0.05, 0) is 129 Å². The van der Waals surface area contributed by atoms with Gasteiger partial charge in [-0.2, -0.15) is 0 Å². The molecule has 1 aromatic carbocycles. The van der Waals surface area contributed by atoms with Crippen LogP contribution in [0.25, 0.3) is 0 Å². The van der Waals surface area contributed by atoms with Crippen molar-refractivity contribution < 1.29 is 0 Å². The van der Waals surface area contributed by atoms with Gasteiger partial charge >= 0.3 is 0 Å². The van der Waals surface area contributed by atoms with Gasteiger partial charge in [0.15, 0.2) is 0 Å². The van der Waals surface area contributed by atoms with Gasteiger partial charge < -0.3 is 0 Å². The highest BCUT2D eigenvalue weighted by Gasteiger charge is 2.59. The average Bonchev–Trinajstić information content (AvgIpc) is 3.13. The van der Waals surface area contributed by atoms with Crippen LogP contribution in [0.4, 0.5) is 0 Å². The molecule has 8 atom stereocenters. The van der Waals surface area contributed by atoms with Crippen molar-refractivity contribution in [1.29, 1.82) is 0 Å². The molecule has 0 saturated heterocycles. The molecule has 4 fully saturated rings. The molecule has 4 aliphatic rings. The SMILES string of the molecule is Cc1ccc(C2CC[C@@]3(C)C(CC[C@@H]4C3CC[C@@]3(C)C4CC[C@@H]3CCCCC(C)C)C2)cc1. The summed E-state index contributed by atoms with van der Waals surface area (Å²) in [4.78, 5) is 0. The fourth-order valence-electron chi connectivity index (χ4n) is 9.93. The minimum absolute atomic E-state index is 0.626. The number of rotatable bonds is 6. The van der Waals surface area contributed by atoms with Gasteiger partial charge in [0.05, 0.1) is 0 Å². The van der Waals surface area contributed by atoms with E-state index in [0.29, 0.717) is 10.8 Å². The largest absolute Gasteiger partial charge is 0.0628 e. The lowest BCUT2D eigenvalue weighted by Crippen LogP contribution is -2.53. The highest BCUT2D eigenvalue weighted by Crippen LogP contribution is 2.68. The van der Waals surface area contributed by atoms with Crippen LogP contribution < -0.4 is 0 Å². The number of fused-ring (bicyclic) bond motifs is 5. The lowest BCUT2D eigenvalue weighted by Gasteiger charge is -2.61. The summed E-state index contributed by atoms with van der Waals surface area (Å²) in [5, 5.41) is 0. The Morgan fingerprint density at radius 2 is 1.55 bits per heavy atom. The van der Waals surface area contributed by atoms with Crippen LogP contribution in [0.5, 0.6) is 0 Å². The van der Waals surface area contributed by atoms with E-state index >= 15 is 0 Å². The molecule has 0 amide bonds. The van der Waals surface area contributed by atoms with Crippen molar-refractivity contribution in [2.75, 3.05) is 0 Å². The van der Waals surface area contributed by atoms with Gasteiger partial charge in [-0.15, -0.1) is 0 Å². The zero-order valence-corrected chi connectivity index (χ0v) is 22.5. The van der Waals surface area contributed by atoms with Crippen LogP contribution in [0.2, 0.25) is 0 Å². The summed E-state index contributed by atoms with van der Waals surface area (Å²) in [6.07, 6.45) is 19.5. The van der Waals surface area contributed by atoms with Crippen molar-refractivity contribution in [2.45, 2.75) is 124 Å². The number of aryl methyl sites for hydroxylation is 1. The van der Waals surface area contributed by atoms with Crippen molar-refractivity contribution in [3.63, 3.8) is 0 Å². The molecule has 0 N–H and O–H groups in total. The van der Waals surface area contributed by atoms with E-state index < -0.39 is 0 Å². The quantitative estimate of drug-likeness (QED) is 0.380. The van der Waals surface area contributed by atoms with Gasteiger partial charge in [-0.25, -0.2) is 0 Å². The van der Waals surface area contributed by atoms with Gasteiger partial charge in [0, 0.05) is 0 Å². The molecule has 0 heterocycles. The molecule has 0 aromatic heterocycles. The maximum atomic E-state index is 2.75. The maximum absolute atomic E-state index is 2.75. The predicted molar refractivity (Wildman–Crippen MR) is 142 cm³/mol. The van der Waals surface area contributed by atoms with Crippen molar-refractivity contribution in [1.82, 2.24) is 0 Å². The molecule has 4 aliphatic carbocycles. The summed E-state index contributed by atoms with van der Waals surface area (Å²) in [6.45, 7) is 12.5. The number of hydrogen-bond acceptors (Lipinski definition) is 0. The van der Waals surface area contributed by atoms with Crippen molar-refractivity contribution in [2.24, 2.45) is 46.3 Å². The fraction of sp³-hybridized carbons (Fsp3) is 0.818. The van der Waals surface area contributed by atoms with Crippen LogP contribution in [0.1, 0.15) is 128 Å². The van der Waals surface area contributed by atoms with Crippen LogP contribution >= 0.6 is 0 Å². The topological polar surface area (TPSA) is 0 Å². The monoisotopic (exact) mass is 448 g/mol. The Morgan fingerprint density at radius 3 is 2.30 bits per heavy atom. The molecule has 5 rings (SSSR count). The Labute approximate surface area is 205 Å². The third-order valence-electron chi connectivity index (χ3n) is 12.0. The highest BCUT2D eigenvalue weighted by molar-refractivity contribution is 5.25. The Balaban J connectivity index is 1.25. The molecular formula is C33H52. The summed E-state index contributed by atoms with van der Waals surface area (Å²) in [6, 6.07) is 9.53. The van der Waals surface area contributed by atoms with Crippen LogP contribution in [-0.2, 0) is 0 Å². The maximum Gasteiger partial charge on any atom is -0.0159 e. The van der Waals surface area contributed by atoms with Crippen LogP contribution in [0.15, 0.2) is 24.3 Å². The molecule has 0 aliphatic heterocycles. The van der Waals surface area contributed by atoms with E-state index in [2.05, 4.69) is 58.9 Å². The first-order valence-electron chi connectivity index (χ1n) is 14.9. The molecule has 184 valence electrons. The first-order valence-corrected chi connectivity index (χ1v) is 14.9. The molecule has 0 heteroatoms. The summed E-state index contributed by atoms with van der Waals surface area (Å²) in [7, 11) is 0. The molecule has 0 spiro atoms. The third kappa shape index (κ3) is 4.36. The van der Waals surface area contributed by atoms with E-state index in [4.69, 9.17) is 0 Å². The smallest absolute Gasteiger partial charge is 0.0159 e. The first-order chi connectivity index (χ1) is 15.8.